The molecule has 0 aromatic rings. The van der Waals surface area contributed by atoms with Gasteiger partial charge in [0.25, 0.3) is 0 Å². The molecule has 0 saturated carbocycles. The van der Waals surface area contributed by atoms with Gasteiger partial charge in [0.15, 0.2) is 0 Å². The Hall–Kier alpha value is 1.20. The van der Waals surface area contributed by atoms with E-state index in [1.54, 1.807) is 0 Å². The molecule has 0 radical (unpaired) electrons. The van der Waals surface area contributed by atoms with Crippen LogP contribution in [0.3, 0.4) is 0 Å². The zero-order chi connectivity index (χ0) is 4.28. The Balaban J connectivity index is 2.85. The Kier molecular flexibility index (Phi) is 4.21. The van der Waals surface area contributed by atoms with Crippen LogP contribution in [0, 0.1) is 0 Å². The van der Waals surface area contributed by atoms with Crippen LogP contribution in [0.15, 0.2) is 10.2 Å². The van der Waals surface area contributed by atoms with Crippen LogP contribution < -0.4 is 0 Å². The highest BCUT2D eigenvalue weighted by Gasteiger charge is 1.72. The van der Waals surface area contributed by atoms with E-state index in [2.05, 4.69) is 51.8 Å². The summed E-state index contributed by atoms with van der Waals surface area (Å²) in [4.78, 5) is 0. The second-order valence-electron chi connectivity index (χ2n) is 0.651. The van der Waals surface area contributed by atoms with Crippen molar-refractivity contribution in [2.45, 2.75) is 0 Å². The van der Waals surface area contributed by atoms with Crippen molar-refractivity contribution in [1.29, 1.82) is 0 Å². The summed E-state index contributed by atoms with van der Waals surface area (Å²) in [5.41, 5.74) is 0. The van der Waals surface area contributed by atoms with Crippen LogP contribution in [0.2, 0.25) is 0 Å². The van der Waals surface area contributed by atoms with Crippen LogP contribution in [0.5, 0.6) is 0 Å². The van der Waals surface area contributed by atoms with E-state index in [4.69, 9.17) is 0 Å². The molecule has 0 heterocycles. The zero-order valence-corrected chi connectivity index (χ0v) is 6.99. The van der Waals surface area contributed by atoms with E-state index < -0.39 is 0 Å². The second-order valence-corrected chi connectivity index (χ2v) is 2.94. The van der Waals surface area contributed by atoms with E-state index in [0.717, 1.165) is 4.43 Å². The molecule has 2 heteroatoms. The minimum atomic E-state index is 1.07. The Bertz CT molecular complexity index is 40.2. The molecule has 0 bridgehead atoms. The van der Waals surface area contributed by atoms with Gasteiger partial charge in [0.1, 0.15) is 0 Å². The number of hydrogen-bond donors (Lipinski definition) is 0. The lowest BCUT2D eigenvalue weighted by Crippen LogP contribution is -1.57. The quantitative estimate of drug-likeness (QED) is 0.514. The molecule has 0 unspecified atom stereocenters. The van der Waals surface area contributed by atoms with Crippen molar-refractivity contribution in [3.05, 3.63) is 10.2 Å². The van der Waals surface area contributed by atoms with Gasteiger partial charge in [0, 0.05) is 4.43 Å². The fourth-order valence-electron chi connectivity index (χ4n) is 0. The lowest BCUT2D eigenvalue weighted by molar-refractivity contribution is 1.87. The second kappa shape index (κ2) is 3.39. The number of hydrogen-bond acceptors (Lipinski definition) is 0. The summed E-state index contributed by atoms with van der Waals surface area (Å²) in [5, 5.41) is 0. The van der Waals surface area contributed by atoms with Crippen molar-refractivity contribution in [3.63, 3.8) is 0 Å². The summed E-state index contributed by atoms with van der Waals surface area (Å²) in [6.45, 7) is 3.65. The van der Waals surface area contributed by atoms with E-state index in [1.165, 1.54) is 3.58 Å². The molecule has 0 fully saturated rings. The molecular weight excluding hydrogens is 290 g/mol. The molecule has 0 aromatic carbocycles. The summed E-state index contributed by atoms with van der Waals surface area (Å²) < 4.78 is 2.28. The third-order valence-electron chi connectivity index (χ3n) is 0.145. The molecule has 0 spiro atoms. The van der Waals surface area contributed by atoms with Crippen LogP contribution in [0.4, 0.5) is 0 Å². The third kappa shape index (κ3) is 5.20. The molecule has 0 N–H and O–H groups in total. The Morgan fingerprint density at radius 1 is 1.80 bits per heavy atom. The van der Waals surface area contributed by atoms with Gasteiger partial charge >= 0.3 is 0 Å². The standard InChI is InChI=1S/C3H4I2/c1-3(5)2-4/h1-2H2. The summed E-state index contributed by atoms with van der Waals surface area (Å²) >= 11 is 4.47. The van der Waals surface area contributed by atoms with E-state index in [-0.39, 0.29) is 0 Å². The minimum absolute atomic E-state index is 1.07. The van der Waals surface area contributed by atoms with E-state index in [9.17, 15) is 0 Å². The lowest BCUT2D eigenvalue weighted by Gasteiger charge is -1.75. The number of halogens is 2. The van der Waals surface area contributed by atoms with Gasteiger partial charge in [-0.25, -0.2) is 0 Å². The highest BCUT2D eigenvalue weighted by Crippen LogP contribution is 2.03. The molecule has 0 saturated heterocycles. The van der Waals surface area contributed by atoms with Gasteiger partial charge in [-0.05, 0) is 26.2 Å². The van der Waals surface area contributed by atoms with Crippen LogP contribution in [-0.2, 0) is 0 Å². The molecule has 0 nitrogen and oxygen atoms in total. The molecule has 0 amide bonds. The highest BCUT2D eigenvalue weighted by atomic mass is 127. The Labute approximate surface area is 59.3 Å². The van der Waals surface area contributed by atoms with Crippen LogP contribution >= 0.6 is 45.2 Å². The maximum absolute atomic E-state index is 3.65. The van der Waals surface area contributed by atoms with Crippen molar-refractivity contribution in [2.75, 3.05) is 4.43 Å². The average Bonchev–Trinajstić information content (AvgIpc) is 1.38. The van der Waals surface area contributed by atoms with Crippen molar-refractivity contribution >= 4 is 45.2 Å². The maximum Gasteiger partial charge on any atom is 0.0299 e. The lowest BCUT2D eigenvalue weighted by atomic mass is 10.8. The topological polar surface area (TPSA) is 0 Å². The Morgan fingerprint density at radius 3 is 2.00 bits per heavy atom. The molecule has 0 atom stereocenters. The summed E-state index contributed by atoms with van der Waals surface area (Å²) in [6.07, 6.45) is 0. The molecule has 0 aliphatic heterocycles. The molecule has 5 heavy (non-hydrogen) atoms. The molecule has 0 aliphatic rings. The number of rotatable bonds is 1. The summed E-state index contributed by atoms with van der Waals surface area (Å²) in [6, 6.07) is 0. The van der Waals surface area contributed by atoms with Gasteiger partial charge in [-0.2, -0.15) is 0 Å². The molecular formula is C3H4I2. The van der Waals surface area contributed by atoms with E-state index in [1.807, 2.05) is 0 Å². The number of alkyl halides is 1. The van der Waals surface area contributed by atoms with Gasteiger partial charge in [0.2, 0.25) is 0 Å². The zero-order valence-electron chi connectivity index (χ0n) is 2.67. The molecule has 0 aromatic heterocycles. The van der Waals surface area contributed by atoms with Crippen molar-refractivity contribution in [2.24, 2.45) is 0 Å². The molecule has 30 valence electrons. The monoisotopic (exact) mass is 294 g/mol. The first kappa shape index (κ1) is 6.20. The Morgan fingerprint density at radius 2 is 2.00 bits per heavy atom. The maximum atomic E-state index is 3.65. The third-order valence-corrected chi connectivity index (χ3v) is 2.91. The fourth-order valence-corrected chi connectivity index (χ4v) is 0. The first-order valence-corrected chi connectivity index (χ1v) is 3.77. The van der Waals surface area contributed by atoms with Gasteiger partial charge < -0.3 is 0 Å². The first-order chi connectivity index (χ1) is 2.27. The van der Waals surface area contributed by atoms with Gasteiger partial charge in [-0.1, -0.05) is 29.2 Å². The summed E-state index contributed by atoms with van der Waals surface area (Å²) in [7, 11) is 0. The normalized spacial score (nSPS) is 7.60. The predicted octanol–water partition coefficient (Wildman–Crippen LogP) is 2.37. The van der Waals surface area contributed by atoms with Crippen molar-refractivity contribution < 1.29 is 0 Å². The van der Waals surface area contributed by atoms with Gasteiger partial charge in [-0.3, -0.25) is 0 Å². The smallest absolute Gasteiger partial charge is 0.0299 e. The SMILES string of the molecule is C=C(I)CI. The first-order valence-electron chi connectivity index (χ1n) is 1.16. The highest BCUT2D eigenvalue weighted by molar-refractivity contribution is 14.1. The van der Waals surface area contributed by atoms with Crippen LogP contribution in [0.1, 0.15) is 0 Å². The van der Waals surface area contributed by atoms with Crippen LogP contribution in [-0.4, -0.2) is 4.43 Å². The van der Waals surface area contributed by atoms with Gasteiger partial charge in [-0.15, -0.1) is 0 Å². The molecule has 0 aliphatic carbocycles. The fraction of sp³-hybridized carbons (Fsp3) is 0.333. The van der Waals surface area contributed by atoms with Crippen molar-refractivity contribution in [3.8, 4) is 0 Å². The molecule has 0 rings (SSSR count). The predicted molar refractivity (Wildman–Crippen MR) is 42.0 cm³/mol. The minimum Gasteiger partial charge on any atom is -0.0889 e. The summed E-state index contributed by atoms with van der Waals surface area (Å²) in [5.74, 6) is 0. The van der Waals surface area contributed by atoms with Crippen molar-refractivity contribution in [1.82, 2.24) is 0 Å². The van der Waals surface area contributed by atoms with Crippen LogP contribution in [0.25, 0.3) is 0 Å². The van der Waals surface area contributed by atoms with E-state index in [0.29, 0.717) is 0 Å². The van der Waals surface area contributed by atoms with Gasteiger partial charge in [0.05, 0.1) is 0 Å². The average molecular weight is 294 g/mol. The van der Waals surface area contributed by atoms with E-state index >= 15 is 0 Å². The number of allylic oxidation sites excluding steroid dienone is 1. The largest absolute Gasteiger partial charge is 0.0889 e.